The van der Waals surface area contributed by atoms with Crippen molar-refractivity contribution in [3.63, 3.8) is 0 Å². The summed E-state index contributed by atoms with van der Waals surface area (Å²) in [6, 6.07) is 7.23. The Hall–Kier alpha value is -2.34. The molecule has 3 aromatic rings. The van der Waals surface area contributed by atoms with E-state index in [-0.39, 0.29) is 12.5 Å². The molecule has 0 bridgehead atoms. The molecule has 0 aliphatic carbocycles. The first-order chi connectivity index (χ1) is 10.5. The molecule has 2 N–H and O–H groups in total. The van der Waals surface area contributed by atoms with Crippen molar-refractivity contribution < 1.29 is 0 Å². The molecule has 0 aliphatic heterocycles. The van der Waals surface area contributed by atoms with Gasteiger partial charge in [-0.15, -0.1) is 0 Å². The maximum atomic E-state index is 12.1. The molecule has 0 atom stereocenters. The van der Waals surface area contributed by atoms with Crippen molar-refractivity contribution in [1.82, 2.24) is 19.5 Å². The molecule has 1 aromatic carbocycles. The highest BCUT2D eigenvalue weighted by molar-refractivity contribution is 6.30. The molecule has 2 aromatic heterocycles. The smallest absolute Gasteiger partial charge is 0.330 e. The Labute approximate surface area is 130 Å². The zero-order chi connectivity index (χ0) is 15.9. The van der Waals surface area contributed by atoms with Gasteiger partial charge in [-0.25, -0.2) is 9.78 Å². The van der Waals surface area contributed by atoms with Gasteiger partial charge in [-0.2, -0.15) is 0 Å². The fourth-order valence-electron chi connectivity index (χ4n) is 2.30. The molecule has 7 heteroatoms. The summed E-state index contributed by atoms with van der Waals surface area (Å²) in [6.07, 6.45) is 0. The first kappa shape index (κ1) is 14.6. The second-order valence-corrected chi connectivity index (χ2v) is 5.89. The van der Waals surface area contributed by atoms with Crippen LogP contribution in [-0.4, -0.2) is 19.5 Å². The SMILES string of the molecule is CC(C)c1nc2c([nH]1)c(=O)[nH]c(=O)n2Cc1cccc(Cl)c1. The second-order valence-electron chi connectivity index (χ2n) is 5.45. The standard InChI is InChI=1S/C15H15ClN4O2/c1-8(2)12-17-11-13(18-12)20(15(22)19-14(11)21)7-9-4-3-5-10(16)6-9/h3-6,8H,7H2,1-2H3,(H,17,18)(H,19,21,22). The molecule has 2 heterocycles. The summed E-state index contributed by atoms with van der Waals surface area (Å²) in [7, 11) is 0. The molecule has 0 amide bonds. The number of nitrogens with zero attached hydrogens (tertiary/aromatic N) is 2. The van der Waals surface area contributed by atoms with Crippen LogP contribution in [-0.2, 0) is 6.54 Å². The van der Waals surface area contributed by atoms with Crippen LogP contribution in [0, 0.1) is 0 Å². The zero-order valence-corrected chi connectivity index (χ0v) is 12.9. The van der Waals surface area contributed by atoms with E-state index in [1.54, 1.807) is 12.1 Å². The van der Waals surface area contributed by atoms with Gasteiger partial charge in [0.2, 0.25) is 0 Å². The Balaban J connectivity index is 2.20. The molecule has 0 radical (unpaired) electrons. The van der Waals surface area contributed by atoms with E-state index in [2.05, 4.69) is 15.0 Å². The number of hydrogen-bond donors (Lipinski definition) is 2. The molecule has 0 saturated carbocycles. The number of aromatic amines is 2. The Morgan fingerprint density at radius 3 is 2.73 bits per heavy atom. The molecule has 22 heavy (non-hydrogen) atoms. The van der Waals surface area contributed by atoms with Gasteiger partial charge < -0.3 is 4.98 Å². The number of rotatable bonds is 3. The number of nitrogens with one attached hydrogen (secondary N) is 2. The lowest BCUT2D eigenvalue weighted by atomic mass is 10.2. The molecule has 6 nitrogen and oxygen atoms in total. The van der Waals surface area contributed by atoms with Crippen LogP contribution in [0.5, 0.6) is 0 Å². The van der Waals surface area contributed by atoms with E-state index in [4.69, 9.17) is 11.6 Å². The summed E-state index contributed by atoms with van der Waals surface area (Å²) >= 11 is 5.97. The quantitative estimate of drug-likeness (QED) is 0.776. The topological polar surface area (TPSA) is 83.5 Å². The number of aromatic nitrogens is 4. The van der Waals surface area contributed by atoms with E-state index >= 15 is 0 Å². The average Bonchev–Trinajstić information content (AvgIpc) is 2.89. The summed E-state index contributed by atoms with van der Waals surface area (Å²) < 4.78 is 1.44. The molecule has 0 aliphatic rings. The van der Waals surface area contributed by atoms with E-state index in [1.165, 1.54) is 4.57 Å². The minimum atomic E-state index is -0.487. The number of halogens is 1. The van der Waals surface area contributed by atoms with Crippen molar-refractivity contribution in [3.8, 4) is 0 Å². The molecule has 114 valence electrons. The van der Waals surface area contributed by atoms with Gasteiger partial charge in [-0.1, -0.05) is 37.6 Å². The zero-order valence-electron chi connectivity index (χ0n) is 12.2. The summed E-state index contributed by atoms with van der Waals surface area (Å²) in [6.45, 7) is 4.21. The lowest BCUT2D eigenvalue weighted by molar-refractivity contribution is 0.743. The van der Waals surface area contributed by atoms with E-state index in [0.717, 1.165) is 5.56 Å². The van der Waals surface area contributed by atoms with Gasteiger partial charge in [0, 0.05) is 10.9 Å². The summed E-state index contributed by atoms with van der Waals surface area (Å²) in [5.74, 6) is 0.799. The first-order valence-corrected chi connectivity index (χ1v) is 7.30. The van der Waals surface area contributed by atoms with Crippen LogP contribution in [0.1, 0.15) is 31.2 Å². The van der Waals surface area contributed by atoms with Crippen molar-refractivity contribution >= 4 is 22.8 Å². The maximum absolute atomic E-state index is 12.1. The highest BCUT2D eigenvalue weighted by Gasteiger charge is 2.14. The van der Waals surface area contributed by atoms with Gasteiger partial charge in [0.25, 0.3) is 5.56 Å². The molecule has 0 saturated heterocycles. The predicted octanol–water partition coefficient (Wildman–Crippen LogP) is 2.24. The number of imidazole rings is 1. The van der Waals surface area contributed by atoms with Crippen molar-refractivity contribution in [2.75, 3.05) is 0 Å². The minimum absolute atomic E-state index is 0.126. The molecule has 0 unspecified atom stereocenters. The van der Waals surface area contributed by atoms with E-state index in [0.29, 0.717) is 22.0 Å². The van der Waals surface area contributed by atoms with Gasteiger partial charge in [0.1, 0.15) is 11.3 Å². The summed E-state index contributed by atoms with van der Waals surface area (Å²) in [5, 5.41) is 0.594. The third-order valence-electron chi connectivity index (χ3n) is 3.43. The minimum Gasteiger partial charge on any atom is -0.336 e. The lowest BCUT2D eigenvalue weighted by Crippen LogP contribution is -2.30. The normalized spacial score (nSPS) is 11.5. The monoisotopic (exact) mass is 318 g/mol. The largest absolute Gasteiger partial charge is 0.336 e. The average molecular weight is 319 g/mol. The number of benzene rings is 1. The molecule has 0 spiro atoms. The second kappa shape index (κ2) is 5.46. The number of hydrogen-bond acceptors (Lipinski definition) is 3. The van der Waals surface area contributed by atoms with Crippen LogP contribution in [0.25, 0.3) is 11.2 Å². The van der Waals surface area contributed by atoms with E-state index < -0.39 is 11.2 Å². The third-order valence-corrected chi connectivity index (χ3v) is 3.66. The first-order valence-electron chi connectivity index (χ1n) is 6.93. The Bertz CT molecular complexity index is 952. The fraction of sp³-hybridized carbons (Fsp3) is 0.267. The van der Waals surface area contributed by atoms with Gasteiger partial charge in [0.15, 0.2) is 5.65 Å². The van der Waals surface area contributed by atoms with Crippen LogP contribution >= 0.6 is 11.6 Å². The van der Waals surface area contributed by atoms with Gasteiger partial charge in [-0.3, -0.25) is 14.3 Å². The van der Waals surface area contributed by atoms with Crippen LogP contribution in [0.3, 0.4) is 0 Å². The summed E-state index contributed by atoms with van der Waals surface area (Å²) in [5.41, 5.74) is 0.584. The maximum Gasteiger partial charge on any atom is 0.330 e. The predicted molar refractivity (Wildman–Crippen MR) is 85.6 cm³/mol. The van der Waals surface area contributed by atoms with Crippen LogP contribution < -0.4 is 11.2 Å². The Morgan fingerprint density at radius 1 is 1.27 bits per heavy atom. The van der Waals surface area contributed by atoms with Gasteiger partial charge in [-0.05, 0) is 17.7 Å². The van der Waals surface area contributed by atoms with Crippen molar-refractivity contribution in [2.45, 2.75) is 26.3 Å². The van der Waals surface area contributed by atoms with Crippen LogP contribution in [0.4, 0.5) is 0 Å². The number of fused-ring (bicyclic) bond motifs is 1. The van der Waals surface area contributed by atoms with Gasteiger partial charge in [0.05, 0.1) is 6.54 Å². The molecule has 3 rings (SSSR count). The molecular weight excluding hydrogens is 304 g/mol. The van der Waals surface area contributed by atoms with Crippen LogP contribution in [0.15, 0.2) is 33.9 Å². The van der Waals surface area contributed by atoms with Crippen LogP contribution in [0.2, 0.25) is 5.02 Å². The Kier molecular flexibility index (Phi) is 3.62. The third kappa shape index (κ3) is 2.57. The molecular formula is C15H15ClN4O2. The van der Waals surface area contributed by atoms with E-state index in [9.17, 15) is 9.59 Å². The Morgan fingerprint density at radius 2 is 2.05 bits per heavy atom. The van der Waals surface area contributed by atoms with Crippen molar-refractivity contribution in [1.29, 1.82) is 0 Å². The lowest BCUT2D eigenvalue weighted by Gasteiger charge is -2.06. The molecule has 0 fully saturated rings. The fourth-order valence-corrected chi connectivity index (χ4v) is 2.51. The van der Waals surface area contributed by atoms with Gasteiger partial charge >= 0.3 is 5.69 Å². The highest BCUT2D eigenvalue weighted by Crippen LogP contribution is 2.15. The highest BCUT2D eigenvalue weighted by atomic mass is 35.5. The van der Waals surface area contributed by atoms with Crippen molar-refractivity contribution in [3.05, 3.63) is 61.5 Å². The van der Waals surface area contributed by atoms with Crippen molar-refractivity contribution in [2.24, 2.45) is 0 Å². The van der Waals surface area contributed by atoms with E-state index in [1.807, 2.05) is 26.0 Å². The number of H-pyrrole nitrogens is 2. The summed E-state index contributed by atoms with van der Waals surface area (Å²) in [4.78, 5) is 33.8.